The van der Waals surface area contributed by atoms with Crippen molar-refractivity contribution in [2.45, 2.75) is 69.2 Å². The van der Waals surface area contributed by atoms with Gasteiger partial charge >= 0.3 is 0 Å². The lowest BCUT2D eigenvalue weighted by molar-refractivity contribution is 0.668. The molecule has 0 saturated carbocycles. The molecule has 2 aromatic heterocycles. The zero-order valence-corrected chi connectivity index (χ0v) is 51.9. The molecule has 0 saturated heterocycles. The number of hydrogen-bond acceptors (Lipinski definition) is 6. The summed E-state index contributed by atoms with van der Waals surface area (Å²) in [5.41, 5.74) is 29.1. The highest BCUT2D eigenvalue weighted by molar-refractivity contribution is 6.10. The Balaban J connectivity index is 0.000000163. The molecule has 0 aliphatic heterocycles. The number of benzene rings is 12. The first-order valence-electron chi connectivity index (χ1n) is 30.4. The third kappa shape index (κ3) is 11.2. The molecule has 0 N–H and O–H groups in total. The quantitative estimate of drug-likeness (QED) is 0.121. The van der Waals surface area contributed by atoms with Gasteiger partial charge in [-0.05, 0) is 224 Å². The lowest BCUT2D eigenvalue weighted by Crippen LogP contribution is -2.12. The number of fused-ring (bicyclic) bond motifs is 6. The summed E-state index contributed by atoms with van der Waals surface area (Å²) in [5, 5.41) is 4.56. The van der Waals surface area contributed by atoms with Gasteiger partial charge in [-0.3, -0.25) is 0 Å². The van der Waals surface area contributed by atoms with Crippen molar-refractivity contribution in [1.29, 1.82) is 0 Å². The molecule has 0 radical (unpaired) electrons. The maximum Gasteiger partial charge on any atom is 0.137 e. The molecule has 14 aromatic rings. The van der Waals surface area contributed by atoms with Gasteiger partial charge in [-0.25, -0.2) is 0 Å². The monoisotopic (exact) mass is 1140 g/mol. The Morgan fingerprint density at radius 2 is 0.523 bits per heavy atom. The molecule has 88 heavy (non-hydrogen) atoms. The number of para-hydroxylation sites is 2. The molecule has 0 spiro atoms. The Bertz CT molecular complexity index is 4870. The second-order valence-electron chi connectivity index (χ2n) is 23.8. The Morgan fingerprint density at radius 3 is 0.943 bits per heavy atom. The van der Waals surface area contributed by atoms with Crippen molar-refractivity contribution in [2.75, 3.05) is 19.6 Å². The van der Waals surface area contributed by atoms with Crippen LogP contribution in [0.15, 0.2) is 264 Å². The third-order valence-corrected chi connectivity index (χ3v) is 16.8. The predicted molar refractivity (Wildman–Crippen MR) is 374 cm³/mol. The van der Waals surface area contributed by atoms with Crippen molar-refractivity contribution in [3.8, 4) is 0 Å². The number of anilines is 12. The average Bonchev–Trinajstić information content (AvgIpc) is 1.76. The highest BCUT2D eigenvalue weighted by Crippen LogP contribution is 2.46. The topological polar surface area (TPSA) is 39.2 Å². The largest absolute Gasteiger partial charge is 0.456 e. The van der Waals surface area contributed by atoms with E-state index in [0.717, 1.165) is 112 Å². The third-order valence-electron chi connectivity index (χ3n) is 16.8. The van der Waals surface area contributed by atoms with Gasteiger partial charge < -0.3 is 28.4 Å². The minimum atomic E-state index is 0.873. The summed E-state index contributed by atoms with van der Waals surface area (Å²) < 4.78 is 13.4. The summed E-state index contributed by atoms with van der Waals surface area (Å²) in [6.45, 7) is 21.6. The molecule has 14 rings (SSSR count). The molecule has 0 unspecified atom stereocenters. The standard InChI is InChI=1S/C43H40N2O.C39H32N2O/c1-27-10-8-12-34(22-27)44(39-18-14-29(3)20-31(39)5)36-16-17-38-41(25-36)46-42-26-37(24-33(7)43(38)42)45(35-13-9-11-28(2)23-35)40-19-15-30(4)21-32(40)6;1-27-14-18-32(19-15-27)40(30-10-6-4-7-11-30)34-22-23-36-37(25-34)42-38-26-35(24-29(3)39(36)38)41(31-12-8-5-9-13-31)33-20-16-28(2)17-21-33/h8-26H,1-7H3;4-26H,1-3H3. The smallest absolute Gasteiger partial charge is 0.137 e. The molecule has 0 aliphatic rings. The van der Waals surface area contributed by atoms with Gasteiger partial charge in [0, 0.05) is 103 Å². The number of rotatable bonds is 12. The van der Waals surface area contributed by atoms with Crippen LogP contribution in [0.5, 0.6) is 0 Å². The van der Waals surface area contributed by atoms with Crippen LogP contribution in [0.2, 0.25) is 0 Å². The minimum Gasteiger partial charge on any atom is -0.456 e. The molecular formula is C82H72N4O2. The number of hydrogen-bond donors (Lipinski definition) is 0. The fraction of sp³-hybridized carbons (Fsp3) is 0.122. The molecule has 6 nitrogen and oxygen atoms in total. The molecule has 0 bridgehead atoms. The second kappa shape index (κ2) is 23.7. The fourth-order valence-corrected chi connectivity index (χ4v) is 12.6. The van der Waals surface area contributed by atoms with E-state index in [1.54, 1.807) is 0 Å². The minimum absolute atomic E-state index is 0.873. The van der Waals surface area contributed by atoms with E-state index in [-0.39, 0.29) is 0 Å². The van der Waals surface area contributed by atoms with E-state index in [2.05, 4.69) is 344 Å². The first kappa shape index (κ1) is 56.6. The van der Waals surface area contributed by atoms with E-state index in [0.29, 0.717) is 0 Å². The van der Waals surface area contributed by atoms with Gasteiger partial charge in [0.1, 0.15) is 22.3 Å². The SMILES string of the molecule is Cc1ccc(N(c2ccccc2)c2ccc3c(c2)oc2cc(N(c4ccccc4)c4ccc(C)cc4)cc(C)c23)cc1.Cc1cccc(N(c2ccc3c(c2)oc2cc(N(c4cccc(C)c4)c4ccc(C)cc4C)cc(C)c23)c2ccc(C)cc2C)c1. The van der Waals surface area contributed by atoms with Crippen molar-refractivity contribution in [3.05, 3.63) is 310 Å². The van der Waals surface area contributed by atoms with Gasteiger partial charge in [-0.2, -0.15) is 0 Å². The lowest BCUT2D eigenvalue weighted by Gasteiger charge is -2.28. The Hall–Kier alpha value is -10.6. The van der Waals surface area contributed by atoms with E-state index >= 15 is 0 Å². The van der Waals surface area contributed by atoms with Crippen LogP contribution in [0.25, 0.3) is 43.9 Å². The second-order valence-corrected chi connectivity index (χ2v) is 23.8. The van der Waals surface area contributed by atoms with Crippen molar-refractivity contribution < 1.29 is 8.83 Å². The Labute approximate surface area is 517 Å². The van der Waals surface area contributed by atoms with E-state index in [4.69, 9.17) is 8.83 Å². The summed E-state index contributed by atoms with van der Waals surface area (Å²) >= 11 is 0. The zero-order chi connectivity index (χ0) is 60.7. The van der Waals surface area contributed by atoms with Crippen LogP contribution < -0.4 is 19.6 Å². The van der Waals surface area contributed by atoms with Crippen LogP contribution in [0.1, 0.15) is 55.6 Å². The van der Waals surface area contributed by atoms with Crippen molar-refractivity contribution in [3.63, 3.8) is 0 Å². The summed E-state index contributed by atoms with van der Waals surface area (Å²) in [6, 6.07) is 91.2. The molecule has 0 amide bonds. The van der Waals surface area contributed by atoms with Crippen LogP contribution in [-0.4, -0.2) is 0 Å². The zero-order valence-electron chi connectivity index (χ0n) is 51.9. The molecule has 0 atom stereocenters. The molecule has 0 aliphatic carbocycles. The number of aryl methyl sites for hydroxylation is 10. The summed E-state index contributed by atoms with van der Waals surface area (Å²) in [5.74, 6) is 0. The van der Waals surface area contributed by atoms with Gasteiger partial charge in [0.15, 0.2) is 0 Å². The predicted octanol–water partition coefficient (Wildman–Crippen LogP) is 24.1. The maximum atomic E-state index is 6.75. The average molecular weight is 1150 g/mol. The lowest BCUT2D eigenvalue weighted by atomic mass is 10.0. The molecule has 12 aromatic carbocycles. The Kier molecular flexibility index (Phi) is 15.2. The number of nitrogens with zero attached hydrogens (tertiary/aromatic N) is 4. The van der Waals surface area contributed by atoms with Crippen LogP contribution in [0.3, 0.4) is 0 Å². The molecule has 6 heteroatoms. The van der Waals surface area contributed by atoms with Gasteiger partial charge in [0.2, 0.25) is 0 Å². The summed E-state index contributed by atoms with van der Waals surface area (Å²) in [7, 11) is 0. The van der Waals surface area contributed by atoms with Crippen LogP contribution in [-0.2, 0) is 0 Å². The van der Waals surface area contributed by atoms with Crippen LogP contribution >= 0.6 is 0 Å². The molecule has 0 fully saturated rings. The van der Waals surface area contributed by atoms with E-state index in [1.807, 2.05) is 0 Å². The van der Waals surface area contributed by atoms with E-state index in [9.17, 15) is 0 Å². The van der Waals surface area contributed by atoms with E-state index in [1.165, 1.54) is 55.6 Å². The molecule has 432 valence electrons. The van der Waals surface area contributed by atoms with Crippen molar-refractivity contribution in [2.24, 2.45) is 0 Å². The maximum absolute atomic E-state index is 6.75. The van der Waals surface area contributed by atoms with Gasteiger partial charge in [-0.15, -0.1) is 0 Å². The summed E-state index contributed by atoms with van der Waals surface area (Å²) in [6.07, 6.45) is 0. The fourth-order valence-electron chi connectivity index (χ4n) is 12.6. The van der Waals surface area contributed by atoms with Gasteiger partial charge in [-0.1, -0.05) is 131 Å². The first-order valence-corrected chi connectivity index (χ1v) is 30.4. The van der Waals surface area contributed by atoms with Crippen LogP contribution in [0, 0.1) is 69.2 Å². The van der Waals surface area contributed by atoms with Crippen molar-refractivity contribution >= 4 is 112 Å². The Morgan fingerprint density at radius 1 is 0.205 bits per heavy atom. The highest BCUT2D eigenvalue weighted by Gasteiger charge is 2.23. The number of furan rings is 2. The highest BCUT2D eigenvalue weighted by atomic mass is 16.3. The van der Waals surface area contributed by atoms with Gasteiger partial charge in [0.25, 0.3) is 0 Å². The van der Waals surface area contributed by atoms with Crippen LogP contribution in [0.4, 0.5) is 68.2 Å². The molecular weight excluding hydrogens is 1070 g/mol. The molecule has 2 heterocycles. The first-order chi connectivity index (χ1) is 42.7. The van der Waals surface area contributed by atoms with E-state index < -0.39 is 0 Å². The van der Waals surface area contributed by atoms with Gasteiger partial charge in [0.05, 0.1) is 11.4 Å². The van der Waals surface area contributed by atoms with Crippen molar-refractivity contribution in [1.82, 2.24) is 0 Å². The summed E-state index contributed by atoms with van der Waals surface area (Å²) in [4.78, 5) is 9.26. The normalized spacial score (nSPS) is 11.3.